The van der Waals surface area contributed by atoms with Crippen molar-refractivity contribution in [2.24, 2.45) is 5.10 Å². The van der Waals surface area contributed by atoms with E-state index in [-0.39, 0.29) is 0 Å². The summed E-state index contributed by atoms with van der Waals surface area (Å²) < 4.78 is 10.7. The first-order valence-corrected chi connectivity index (χ1v) is 7.40. The van der Waals surface area contributed by atoms with Gasteiger partial charge in [-0.3, -0.25) is 5.43 Å². The Kier molecular flexibility index (Phi) is 5.24. The second kappa shape index (κ2) is 7.14. The molecule has 0 atom stereocenters. The Balaban J connectivity index is 2.15. The van der Waals surface area contributed by atoms with Crippen molar-refractivity contribution in [3.63, 3.8) is 0 Å². The molecule has 2 rings (SSSR count). The third-order valence-corrected chi connectivity index (χ3v) is 3.56. The van der Waals surface area contributed by atoms with Gasteiger partial charge < -0.3 is 15.2 Å². The Labute approximate surface area is 131 Å². The van der Waals surface area contributed by atoms with E-state index in [1.54, 1.807) is 30.8 Å². The molecule has 112 valence electrons. The predicted octanol–water partition coefficient (Wildman–Crippen LogP) is 3.23. The Morgan fingerprint density at radius 3 is 2.90 bits per heavy atom. The van der Waals surface area contributed by atoms with Gasteiger partial charge in [0.15, 0.2) is 11.5 Å². The highest BCUT2D eigenvalue weighted by Gasteiger charge is 2.09. The van der Waals surface area contributed by atoms with E-state index in [9.17, 15) is 0 Å². The van der Waals surface area contributed by atoms with Crippen LogP contribution in [0.4, 0.5) is 10.9 Å². The number of hydrazone groups is 1. The van der Waals surface area contributed by atoms with Gasteiger partial charge in [0, 0.05) is 17.0 Å². The van der Waals surface area contributed by atoms with E-state index in [0.717, 1.165) is 0 Å². The molecule has 0 fully saturated rings. The number of nitrogen functional groups attached to an aromatic ring is 1. The quantitative estimate of drug-likeness (QED) is 0.629. The van der Waals surface area contributed by atoms with Crippen LogP contribution >= 0.6 is 22.9 Å². The highest BCUT2D eigenvalue weighted by Crippen LogP contribution is 2.32. The summed E-state index contributed by atoms with van der Waals surface area (Å²) in [5.74, 6) is 1.66. The smallest absolute Gasteiger partial charge is 0.205 e. The molecule has 1 aromatic heterocycles. The molecule has 21 heavy (non-hydrogen) atoms. The van der Waals surface area contributed by atoms with Crippen LogP contribution in [0.1, 0.15) is 12.5 Å². The maximum Gasteiger partial charge on any atom is 0.205 e. The molecule has 8 heteroatoms. The number of rotatable bonds is 6. The van der Waals surface area contributed by atoms with Gasteiger partial charge in [0.1, 0.15) is 5.82 Å². The number of ether oxygens (including phenoxy) is 2. The van der Waals surface area contributed by atoms with Crippen LogP contribution in [0.25, 0.3) is 0 Å². The minimum absolute atomic E-state index is 0.457. The van der Waals surface area contributed by atoms with Gasteiger partial charge in [-0.1, -0.05) is 11.6 Å². The molecule has 0 saturated heterocycles. The number of nitrogens with one attached hydrogen (secondary N) is 1. The molecule has 3 N–H and O–H groups in total. The van der Waals surface area contributed by atoms with E-state index in [1.165, 1.54) is 11.3 Å². The summed E-state index contributed by atoms with van der Waals surface area (Å²) >= 11 is 7.56. The zero-order chi connectivity index (χ0) is 15.2. The number of thiazole rings is 1. The SMILES string of the molecule is CCOc1cc(Cl)c(C=NNc2nc(N)cs2)cc1OC. The molecule has 0 aliphatic heterocycles. The highest BCUT2D eigenvalue weighted by molar-refractivity contribution is 7.14. The van der Waals surface area contributed by atoms with Gasteiger partial charge in [0.25, 0.3) is 0 Å². The Hall–Kier alpha value is -1.99. The predicted molar refractivity (Wildman–Crippen MR) is 86.9 cm³/mol. The zero-order valence-electron chi connectivity index (χ0n) is 11.6. The summed E-state index contributed by atoms with van der Waals surface area (Å²) in [6, 6.07) is 3.46. The summed E-state index contributed by atoms with van der Waals surface area (Å²) in [6.45, 7) is 2.43. The number of anilines is 2. The van der Waals surface area contributed by atoms with Crippen LogP contribution in [0, 0.1) is 0 Å². The first kappa shape index (κ1) is 15.4. The molecule has 1 heterocycles. The number of methoxy groups -OCH3 is 1. The van der Waals surface area contributed by atoms with Gasteiger partial charge in [-0.15, -0.1) is 11.3 Å². The molecule has 6 nitrogen and oxygen atoms in total. The summed E-state index contributed by atoms with van der Waals surface area (Å²) in [4.78, 5) is 4.03. The lowest BCUT2D eigenvalue weighted by Crippen LogP contribution is -1.98. The number of aromatic nitrogens is 1. The van der Waals surface area contributed by atoms with Gasteiger partial charge in [-0.25, -0.2) is 4.98 Å². The molecule has 0 amide bonds. The molecule has 0 radical (unpaired) electrons. The van der Waals surface area contributed by atoms with Crippen molar-refractivity contribution < 1.29 is 9.47 Å². The number of benzene rings is 1. The minimum atomic E-state index is 0.457. The van der Waals surface area contributed by atoms with Crippen molar-refractivity contribution in [3.8, 4) is 11.5 Å². The maximum absolute atomic E-state index is 6.19. The van der Waals surface area contributed by atoms with Gasteiger partial charge >= 0.3 is 0 Å². The van der Waals surface area contributed by atoms with Crippen LogP contribution in [-0.4, -0.2) is 24.9 Å². The summed E-state index contributed by atoms with van der Waals surface area (Å²) in [5.41, 5.74) is 9.01. The average molecular weight is 327 g/mol. The van der Waals surface area contributed by atoms with Crippen LogP contribution in [0.2, 0.25) is 5.02 Å². The fraction of sp³-hybridized carbons (Fsp3) is 0.231. The number of nitrogens with zero attached hydrogens (tertiary/aromatic N) is 2. The molecular weight excluding hydrogens is 312 g/mol. The molecule has 0 saturated carbocycles. The van der Waals surface area contributed by atoms with E-state index in [0.29, 0.717) is 39.6 Å². The lowest BCUT2D eigenvalue weighted by molar-refractivity contribution is 0.311. The lowest BCUT2D eigenvalue weighted by Gasteiger charge is -2.10. The van der Waals surface area contributed by atoms with Gasteiger partial charge in [0.05, 0.1) is 25.0 Å². The van der Waals surface area contributed by atoms with Crippen LogP contribution in [0.3, 0.4) is 0 Å². The zero-order valence-corrected chi connectivity index (χ0v) is 13.2. The monoisotopic (exact) mass is 326 g/mol. The standard InChI is InChI=1S/C13H15ClN4O2S/c1-3-20-11-5-9(14)8(4-10(11)19-2)6-16-18-13-17-12(15)7-21-13/h4-7H,3,15H2,1-2H3,(H,17,18). The van der Waals surface area contributed by atoms with Crippen molar-refractivity contribution in [2.75, 3.05) is 24.9 Å². The molecule has 0 aliphatic carbocycles. The largest absolute Gasteiger partial charge is 0.493 e. The Bertz CT molecular complexity index is 645. The first-order chi connectivity index (χ1) is 10.1. The number of hydrogen-bond acceptors (Lipinski definition) is 7. The van der Waals surface area contributed by atoms with Gasteiger partial charge in [0.2, 0.25) is 5.13 Å². The second-order valence-corrected chi connectivity index (χ2v) is 5.17. The molecule has 0 spiro atoms. The van der Waals surface area contributed by atoms with Crippen molar-refractivity contribution >= 4 is 40.1 Å². The molecule has 0 aliphatic rings. The van der Waals surface area contributed by atoms with Crippen LogP contribution in [-0.2, 0) is 0 Å². The summed E-state index contributed by atoms with van der Waals surface area (Å²) in [5, 5.41) is 6.93. The van der Waals surface area contributed by atoms with Crippen LogP contribution < -0.4 is 20.6 Å². The third kappa shape index (κ3) is 3.99. The van der Waals surface area contributed by atoms with Gasteiger partial charge in [-0.2, -0.15) is 5.10 Å². The maximum atomic E-state index is 6.19. The van der Waals surface area contributed by atoms with Crippen molar-refractivity contribution in [1.82, 2.24) is 4.98 Å². The van der Waals surface area contributed by atoms with Crippen LogP contribution in [0.15, 0.2) is 22.6 Å². The lowest BCUT2D eigenvalue weighted by atomic mass is 10.2. The van der Waals surface area contributed by atoms with E-state index in [2.05, 4.69) is 15.5 Å². The van der Waals surface area contributed by atoms with Crippen molar-refractivity contribution in [2.45, 2.75) is 6.92 Å². The van der Waals surface area contributed by atoms with E-state index in [1.807, 2.05) is 6.92 Å². The Morgan fingerprint density at radius 1 is 1.48 bits per heavy atom. The van der Waals surface area contributed by atoms with Crippen molar-refractivity contribution in [3.05, 3.63) is 28.1 Å². The van der Waals surface area contributed by atoms with E-state index >= 15 is 0 Å². The number of nitrogens with two attached hydrogens (primary N) is 1. The molecule has 0 unspecified atom stereocenters. The fourth-order valence-electron chi connectivity index (χ4n) is 1.57. The van der Waals surface area contributed by atoms with Gasteiger partial charge in [-0.05, 0) is 13.0 Å². The van der Waals surface area contributed by atoms with Crippen molar-refractivity contribution in [1.29, 1.82) is 0 Å². The Morgan fingerprint density at radius 2 is 2.29 bits per heavy atom. The molecule has 2 aromatic rings. The van der Waals surface area contributed by atoms with Crippen LogP contribution in [0.5, 0.6) is 11.5 Å². The average Bonchev–Trinajstić information content (AvgIpc) is 2.87. The van der Waals surface area contributed by atoms with E-state index < -0.39 is 0 Å². The molecule has 1 aromatic carbocycles. The summed E-state index contributed by atoms with van der Waals surface area (Å²) in [7, 11) is 1.57. The van der Waals surface area contributed by atoms with E-state index in [4.69, 9.17) is 26.8 Å². The minimum Gasteiger partial charge on any atom is -0.493 e. The topological polar surface area (TPSA) is 81.8 Å². The summed E-state index contributed by atoms with van der Waals surface area (Å²) in [6.07, 6.45) is 1.58. The molecular formula is C13H15ClN4O2S. The number of halogens is 1. The normalized spacial score (nSPS) is 10.8. The fourth-order valence-corrected chi connectivity index (χ4v) is 2.32. The molecule has 0 bridgehead atoms. The highest BCUT2D eigenvalue weighted by atomic mass is 35.5. The third-order valence-electron chi connectivity index (χ3n) is 2.47. The first-order valence-electron chi connectivity index (χ1n) is 6.14. The second-order valence-electron chi connectivity index (χ2n) is 3.91. The number of hydrogen-bond donors (Lipinski definition) is 2.